The highest BCUT2D eigenvalue weighted by Crippen LogP contribution is 2.27. The highest BCUT2D eigenvalue weighted by atomic mass is 19.2. The molecule has 1 aliphatic rings. The molecule has 1 aromatic heterocycles. The molecule has 1 unspecified atom stereocenters. The van der Waals surface area contributed by atoms with E-state index in [1.54, 1.807) is 38.5 Å². The van der Waals surface area contributed by atoms with Gasteiger partial charge in [0.2, 0.25) is 0 Å². The number of nitrogens with zero attached hydrogens (tertiary/aromatic N) is 2. The van der Waals surface area contributed by atoms with Gasteiger partial charge in [0.15, 0.2) is 11.6 Å². The van der Waals surface area contributed by atoms with Gasteiger partial charge in [-0.3, -0.25) is 9.59 Å². The molecule has 1 amide bonds. The molecule has 2 aromatic carbocycles. The highest BCUT2D eigenvalue weighted by Gasteiger charge is 2.37. The fourth-order valence-corrected chi connectivity index (χ4v) is 4.58. The number of hydrogen-bond acceptors (Lipinski definition) is 7. The third-order valence-corrected chi connectivity index (χ3v) is 6.36. The van der Waals surface area contributed by atoms with E-state index in [0.29, 0.717) is 24.5 Å². The van der Waals surface area contributed by atoms with Gasteiger partial charge in [0, 0.05) is 43.1 Å². The molecule has 0 aliphatic carbocycles. The Morgan fingerprint density at radius 2 is 1.73 bits per heavy atom. The minimum Gasteiger partial charge on any atom is -0.383 e. The van der Waals surface area contributed by atoms with E-state index in [-0.39, 0.29) is 40.2 Å². The first-order chi connectivity index (χ1) is 17.9. The van der Waals surface area contributed by atoms with E-state index < -0.39 is 17.2 Å². The van der Waals surface area contributed by atoms with Gasteiger partial charge in [0.1, 0.15) is 5.70 Å². The summed E-state index contributed by atoms with van der Waals surface area (Å²) in [6, 6.07) is 9.91. The van der Waals surface area contributed by atoms with E-state index in [0.717, 1.165) is 25.0 Å². The van der Waals surface area contributed by atoms with Crippen molar-refractivity contribution in [1.82, 2.24) is 9.88 Å². The van der Waals surface area contributed by atoms with E-state index in [1.165, 1.54) is 12.3 Å². The largest absolute Gasteiger partial charge is 0.383 e. The second-order valence-corrected chi connectivity index (χ2v) is 8.74. The lowest BCUT2D eigenvalue weighted by atomic mass is 10.1. The van der Waals surface area contributed by atoms with Gasteiger partial charge in [-0.1, -0.05) is 0 Å². The minimum atomic E-state index is -1.08. The van der Waals surface area contributed by atoms with Gasteiger partial charge in [-0.15, -0.1) is 0 Å². The van der Waals surface area contributed by atoms with Crippen LogP contribution in [0.15, 0.2) is 58.6 Å². The van der Waals surface area contributed by atoms with Crippen molar-refractivity contribution in [2.45, 2.75) is 24.9 Å². The third kappa shape index (κ3) is 5.57. The number of carbonyl (C=O) groups is 1. The number of hydrogen-bond donors (Lipinski definition) is 3. The molecule has 0 bridgehead atoms. The van der Waals surface area contributed by atoms with Crippen LogP contribution in [-0.2, 0) is 9.47 Å². The number of halogens is 2. The maximum absolute atomic E-state index is 13.6. The summed E-state index contributed by atoms with van der Waals surface area (Å²) in [5.41, 5.74) is 8.10. The number of likely N-dealkylation sites (tertiary alicyclic amines) is 1. The second-order valence-electron chi connectivity index (χ2n) is 8.74. The normalized spacial score (nSPS) is 17.8. The fourth-order valence-electron chi connectivity index (χ4n) is 4.58. The first kappa shape index (κ1) is 26.1. The van der Waals surface area contributed by atoms with Gasteiger partial charge in [-0.2, -0.15) is 5.11 Å². The number of aromatic amines is 1. The van der Waals surface area contributed by atoms with Crippen LogP contribution in [0.4, 0.5) is 14.5 Å². The molecule has 11 heteroatoms. The van der Waals surface area contributed by atoms with Gasteiger partial charge in [-0.05, 0) is 49.2 Å². The number of benzene rings is 2. The number of methoxy groups -OCH3 is 2. The number of anilines is 1. The Balaban J connectivity index is 1.53. The van der Waals surface area contributed by atoms with E-state index >= 15 is 0 Å². The van der Waals surface area contributed by atoms with Gasteiger partial charge in [-0.25, -0.2) is 14.3 Å². The predicted molar refractivity (Wildman–Crippen MR) is 134 cm³/mol. The van der Waals surface area contributed by atoms with Crippen molar-refractivity contribution in [2.24, 2.45) is 5.11 Å². The van der Waals surface area contributed by atoms with Crippen molar-refractivity contribution in [3.8, 4) is 0 Å². The van der Waals surface area contributed by atoms with Crippen molar-refractivity contribution in [2.75, 3.05) is 32.8 Å². The van der Waals surface area contributed by atoms with Crippen LogP contribution in [0.3, 0.4) is 0 Å². The predicted octanol–water partition coefficient (Wildman–Crippen LogP) is 4.51. The van der Waals surface area contributed by atoms with Crippen molar-refractivity contribution in [3.05, 3.63) is 81.8 Å². The molecule has 4 rings (SSSR count). The summed E-state index contributed by atoms with van der Waals surface area (Å²) in [6.07, 6.45) is 3.03. The molecule has 37 heavy (non-hydrogen) atoms. The molecule has 2 atom stereocenters. The summed E-state index contributed by atoms with van der Waals surface area (Å²) < 4.78 is 37.7. The maximum Gasteiger partial charge on any atom is 0.258 e. The van der Waals surface area contributed by atoms with Crippen LogP contribution >= 0.6 is 0 Å². The van der Waals surface area contributed by atoms with Crippen LogP contribution < -0.4 is 10.9 Å². The average molecular weight is 512 g/mol. The van der Waals surface area contributed by atoms with Crippen molar-refractivity contribution >= 4 is 28.2 Å². The molecule has 1 fully saturated rings. The Morgan fingerprint density at radius 3 is 2.32 bits per heavy atom. The Bertz CT molecular complexity index is 1380. The number of carbonyl (C=O) groups excluding carboxylic acids is 1. The van der Waals surface area contributed by atoms with E-state index in [1.807, 2.05) is 4.90 Å². The van der Waals surface area contributed by atoms with Gasteiger partial charge >= 0.3 is 0 Å². The smallest absolute Gasteiger partial charge is 0.258 e. The summed E-state index contributed by atoms with van der Waals surface area (Å²) in [4.78, 5) is 30.1. The lowest BCUT2D eigenvalue weighted by molar-refractivity contribution is 0.0420. The van der Waals surface area contributed by atoms with E-state index in [4.69, 9.17) is 15.0 Å². The molecule has 1 aliphatic heterocycles. The number of nitrogens with one attached hydrogen (secondary N) is 3. The van der Waals surface area contributed by atoms with Gasteiger partial charge in [0.05, 0.1) is 36.4 Å². The Hall–Kier alpha value is -3.96. The molecule has 3 aromatic rings. The van der Waals surface area contributed by atoms with Crippen LogP contribution in [0.5, 0.6) is 0 Å². The zero-order chi connectivity index (χ0) is 26.5. The summed E-state index contributed by atoms with van der Waals surface area (Å²) >= 11 is 0. The standard InChI is InChI=1S/C26H27F2N5O4/c1-36-13-18-7-8-19(14-37-2)33(18)26(35)15-3-5-17(6-4-15)30-12-24(32-29)20-9-16-10-21(27)22(28)11-23(16)31-25(20)34/h3-6,9-12,18-19,29-30H,7-8,13-14H2,1-2H3,(H,31,34)/b24-12-,32-29?/t18-,19?/m0/s1. The average Bonchev–Trinajstić information content (AvgIpc) is 3.28. The van der Waals surface area contributed by atoms with Crippen LogP contribution in [0, 0.1) is 17.2 Å². The number of aromatic nitrogens is 1. The number of ether oxygens (including phenoxy) is 2. The zero-order valence-electron chi connectivity index (χ0n) is 20.4. The summed E-state index contributed by atoms with van der Waals surface area (Å²) in [6.45, 7) is 0.899. The number of H-pyrrole nitrogens is 1. The van der Waals surface area contributed by atoms with Gasteiger partial charge < -0.3 is 24.7 Å². The van der Waals surface area contributed by atoms with Crippen LogP contribution in [0.25, 0.3) is 16.6 Å². The number of amides is 1. The van der Waals surface area contributed by atoms with Crippen LogP contribution in [-0.4, -0.2) is 55.3 Å². The Kier molecular flexibility index (Phi) is 8.04. The minimum absolute atomic E-state index is 0.00945. The highest BCUT2D eigenvalue weighted by molar-refractivity contribution is 5.95. The molecular weight excluding hydrogens is 484 g/mol. The van der Waals surface area contributed by atoms with Crippen molar-refractivity contribution in [3.63, 3.8) is 0 Å². The SMILES string of the molecule is COCC1CC[C@@H](COC)N1C(=O)c1ccc(N/C=C(\N=N)c2cc3cc(F)c(F)cc3[nH]c2=O)cc1. The molecule has 0 saturated carbocycles. The molecule has 2 heterocycles. The van der Waals surface area contributed by atoms with Crippen molar-refractivity contribution < 1.29 is 23.0 Å². The Morgan fingerprint density at radius 1 is 1.11 bits per heavy atom. The van der Waals surface area contributed by atoms with E-state index in [2.05, 4.69) is 15.4 Å². The quantitative estimate of drug-likeness (QED) is 0.365. The zero-order valence-corrected chi connectivity index (χ0v) is 20.4. The Labute approximate surface area is 211 Å². The van der Waals surface area contributed by atoms with Crippen LogP contribution in [0.2, 0.25) is 0 Å². The summed E-state index contributed by atoms with van der Waals surface area (Å²) in [7, 11) is 3.23. The molecule has 0 radical (unpaired) electrons. The van der Waals surface area contributed by atoms with Crippen LogP contribution in [0.1, 0.15) is 28.8 Å². The molecule has 194 valence electrons. The second kappa shape index (κ2) is 11.4. The molecule has 1 saturated heterocycles. The number of pyridine rings is 1. The first-order valence-electron chi connectivity index (χ1n) is 11.6. The first-order valence-corrected chi connectivity index (χ1v) is 11.6. The number of rotatable bonds is 9. The summed E-state index contributed by atoms with van der Waals surface area (Å²) in [5, 5.41) is 6.62. The van der Waals surface area contributed by atoms with E-state index in [9.17, 15) is 18.4 Å². The molecule has 0 spiro atoms. The molecule has 9 nitrogen and oxygen atoms in total. The van der Waals surface area contributed by atoms with Crippen molar-refractivity contribution in [1.29, 1.82) is 5.53 Å². The third-order valence-electron chi connectivity index (χ3n) is 6.36. The fraction of sp³-hybridized carbons (Fsp3) is 0.308. The maximum atomic E-state index is 13.6. The lowest BCUT2D eigenvalue weighted by Gasteiger charge is -2.30. The number of fused-ring (bicyclic) bond motifs is 1. The monoisotopic (exact) mass is 511 g/mol. The lowest BCUT2D eigenvalue weighted by Crippen LogP contribution is -2.44. The summed E-state index contributed by atoms with van der Waals surface area (Å²) in [5.74, 6) is -2.24. The topological polar surface area (TPSA) is 120 Å². The molecule has 3 N–H and O–H groups in total. The molecular formula is C26H27F2N5O4. The van der Waals surface area contributed by atoms with Gasteiger partial charge in [0.25, 0.3) is 11.5 Å².